The van der Waals surface area contributed by atoms with E-state index in [9.17, 15) is 9.59 Å². The van der Waals surface area contributed by atoms with Crippen LogP contribution in [0.1, 0.15) is 20.3 Å². The van der Waals surface area contributed by atoms with Crippen LogP contribution in [-0.4, -0.2) is 50.2 Å². The molecule has 5 heteroatoms. The van der Waals surface area contributed by atoms with Gasteiger partial charge in [0.1, 0.15) is 6.04 Å². The first-order chi connectivity index (χ1) is 7.02. The van der Waals surface area contributed by atoms with Gasteiger partial charge in [-0.15, -0.1) is 0 Å². The topological polar surface area (TPSA) is 55.8 Å². The van der Waals surface area contributed by atoms with Crippen molar-refractivity contribution in [1.29, 1.82) is 0 Å². The lowest BCUT2D eigenvalue weighted by Gasteiger charge is -2.22. The average Bonchev–Trinajstić information content (AvgIpc) is 2.24. The molecule has 15 heavy (non-hydrogen) atoms. The average molecular weight is 217 g/mol. The van der Waals surface area contributed by atoms with Crippen LogP contribution >= 0.6 is 0 Å². The molecule has 0 saturated heterocycles. The van der Waals surface area contributed by atoms with Gasteiger partial charge in [0.15, 0.2) is 0 Å². The van der Waals surface area contributed by atoms with Crippen LogP contribution in [0.5, 0.6) is 0 Å². The predicted octanol–water partition coefficient (Wildman–Crippen LogP) is 0.433. The number of ether oxygens (including phenoxy) is 2. The molecule has 0 aliphatic heterocycles. The molecule has 0 fully saturated rings. The minimum absolute atomic E-state index is 0.273. The summed E-state index contributed by atoms with van der Waals surface area (Å²) in [6.45, 7) is 4.36. The van der Waals surface area contributed by atoms with Gasteiger partial charge in [-0.25, -0.2) is 0 Å². The maximum Gasteiger partial charge on any atom is 0.323 e. The maximum atomic E-state index is 11.3. The van der Waals surface area contributed by atoms with Gasteiger partial charge in [0.05, 0.1) is 20.1 Å². The number of hydrogen-bond acceptors (Lipinski definition) is 5. The molecule has 0 aliphatic rings. The van der Waals surface area contributed by atoms with Gasteiger partial charge in [0.2, 0.25) is 0 Å². The summed E-state index contributed by atoms with van der Waals surface area (Å²) in [4.78, 5) is 23.9. The third-order valence-electron chi connectivity index (χ3n) is 2.19. The minimum atomic E-state index is -0.338. The summed E-state index contributed by atoms with van der Waals surface area (Å²) < 4.78 is 9.37. The Morgan fingerprint density at radius 3 is 2.47 bits per heavy atom. The molecule has 0 aromatic heterocycles. The van der Waals surface area contributed by atoms with Crippen LogP contribution in [0.15, 0.2) is 0 Å². The Kier molecular flexibility index (Phi) is 6.70. The molecule has 0 amide bonds. The highest BCUT2D eigenvalue weighted by molar-refractivity contribution is 5.75. The molecule has 0 aliphatic carbocycles. The second-order valence-corrected chi connectivity index (χ2v) is 3.23. The number of hydrogen-bond donors (Lipinski definition) is 0. The molecule has 0 aromatic carbocycles. The summed E-state index contributed by atoms with van der Waals surface area (Å²) in [6, 6.07) is -0.338. The van der Waals surface area contributed by atoms with E-state index in [-0.39, 0.29) is 24.4 Å². The fraction of sp³-hybridized carbons (Fsp3) is 0.800. The fourth-order valence-corrected chi connectivity index (χ4v) is 1.01. The molecule has 1 atom stereocenters. The number of esters is 2. The first-order valence-corrected chi connectivity index (χ1v) is 4.96. The molecular formula is C10H19NO4. The quantitative estimate of drug-likeness (QED) is 0.604. The number of carbonyl (C=O) groups is 2. The van der Waals surface area contributed by atoms with E-state index in [0.717, 1.165) is 0 Å². The van der Waals surface area contributed by atoms with Crippen LogP contribution in [-0.2, 0) is 19.1 Å². The van der Waals surface area contributed by atoms with Gasteiger partial charge in [0.25, 0.3) is 0 Å². The van der Waals surface area contributed by atoms with Crippen molar-refractivity contribution in [3.05, 3.63) is 0 Å². The van der Waals surface area contributed by atoms with E-state index in [2.05, 4.69) is 4.74 Å². The van der Waals surface area contributed by atoms with Gasteiger partial charge < -0.3 is 9.47 Å². The number of nitrogens with zero attached hydrogens (tertiary/aromatic N) is 1. The Morgan fingerprint density at radius 2 is 2.00 bits per heavy atom. The minimum Gasteiger partial charge on any atom is -0.469 e. The van der Waals surface area contributed by atoms with E-state index in [1.165, 1.54) is 7.11 Å². The molecular weight excluding hydrogens is 198 g/mol. The van der Waals surface area contributed by atoms with Crippen LogP contribution in [0.2, 0.25) is 0 Å². The lowest BCUT2D eigenvalue weighted by atomic mass is 10.3. The normalized spacial score (nSPS) is 12.3. The highest BCUT2D eigenvalue weighted by Gasteiger charge is 2.19. The van der Waals surface area contributed by atoms with Crippen LogP contribution in [0.3, 0.4) is 0 Å². The zero-order valence-corrected chi connectivity index (χ0v) is 9.78. The summed E-state index contributed by atoms with van der Waals surface area (Å²) in [5.74, 6) is -0.553. The lowest BCUT2D eigenvalue weighted by Crippen LogP contribution is -2.38. The Morgan fingerprint density at radius 1 is 1.40 bits per heavy atom. The Hall–Kier alpha value is -1.10. The largest absolute Gasteiger partial charge is 0.469 e. The highest BCUT2D eigenvalue weighted by Crippen LogP contribution is 2.00. The smallest absolute Gasteiger partial charge is 0.323 e. The molecule has 0 aromatic rings. The van der Waals surface area contributed by atoms with Crippen molar-refractivity contribution in [2.45, 2.75) is 26.3 Å². The van der Waals surface area contributed by atoms with Crippen LogP contribution in [0.4, 0.5) is 0 Å². The van der Waals surface area contributed by atoms with E-state index < -0.39 is 0 Å². The molecule has 0 radical (unpaired) electrons. The van der Waals surface area contributed by atoms with Crippen molar-refractivity contribution in [3.63, 3.8) is 0 Å². The van der Waals surface area contributed by atoms with E-state index in [1.807, 2.05) is 0 Å². The second kappa shape index (κ2) is 7.23. The third-order valence-corrected chi connectivity index (χ3v) is 2.19. The van der Waals surface area contributed by atoms with E-state index in [4.69, 9.17) is 4.74 Å². The number of rotatable bonds is 6. The van der Waals surface area contributed by atoms with Gasteiger partial charge in [-0.3, -0.25) is 14.5 Å². The number of methoxy groups -OCH3 is 1. The van der Waals surface area contributed by atoms with Crippen molar-refractivity contribution < 1.29 is 19.1 Å². The molecule has 88 valence electrons. The van der Waals surface area contributed by atoms with Crippen molar-refractivity contribution in [2.75, 3.05) is 27.3 Å². The number of likely N-dealkylation sites (N-methyl/N-ethyl adjacent to an activating group) is 1. The Labute approximate surface area is 90.3 Å². The SMILES string of the molecule is CCOC(=O)C(C)N(C)CCC(=O)OC. The summed E-state index contributed by atoms with van der Waals surface area (Å²) in [6.07, 6.45) is 0.275. The van der Waals surface area contributed by atoms with Gasteiger partial charge in [-0.05, 0) is 20.9 Å². The van der Waals surface area contributed by atoms with E-state index in [0.29, 0.717) is 13.2 Å². The van der Waals surface area contributed by atoms with Crippen LogP contribution < -0.4 is 0 Å². The van der Waals surface area contributed by atoms with Gasteiger partial charge in [-0.2, -0.15) is 0 Å². The first-order valence-electron chi connectivity index (χ1n) is 4.96. The van der Waals surface area contributed by atoms with Gasteiger partial charge in [0, 0.05) is 6.54 Å². The zero-order chi connectivity index (χ0) is 11.8. The molecule has 0 N–H and O–H groups in total. The lowest BCUT2D eigenvalue weighted by molar-refractivity contribution is -0.149. The Bertz CT molecular complexity index is 217. The summed E-state index contributed by atoms with van der Waals surface area (Å²) in [7, 11) is 3.11. The second-order valence-electron chi connectivity index (χ2n) is 3.23. The maximum absolute atomic E-state index is 11.3. The third kappa shape index (κ3) is 5.37. The standard InChI is InChI=1S/C10H19NO4/c1-5-15-10(13)8(2)11(3)7-6-9(12)14-4/h8H,5-7H2,1-4H3. The highest BCUT2D eigenvalue weighted by atomic mass is 16.5. The van der Waals surface area contributed by atoms with E-state index >= 15 is 0 Å². The first kappa shape index (κ1) is 13.9. The van der Waals surface area contributed by atoms with Crippen molar-refractivity contribution in [2.24, 2.45) is 0 Å². The van der Waals surface area contributed by atoms with E-state index in [1.54, 1.807) is 25.8 Å². The van der Waals surface area contributed by atoms with Crippen molar-refractivity contribution in [1.82, 2.24) is 4.90 Å². The van der Waals surface area contributed by atoms with Crippen LogP contribution in [0.25, 0.3) is 0 Å². The zero-order valence-electron chi connectivity index (χ0n) is 9.78. The van der Waals surface area contributed by atoms with Gasteiger partial charge in [-0.1, -0.05) is 0 Å². The van der Waals surface area contributed by atoms with Crippen molar-refractivity contribution in [3.8, 4) is 0 Å². The fourth-order valence-electron chi connectivity index (χ4n) is 1.01. The summed E-state index contributed by atoms with van der Waals surface area (Å²) >= 11 is 0. The molecule has 1 unspecified atom stereocenters. The predicted molar refractivity (Wildman–Crippen MR) is 55.4 cm³/mol. The summed E-state index contributed by atoms with van der Waals surface area (Å²) in [5, 5.41) is 0. The molecule has 0 bridgehead atoms. The monoisotopic (exact) mass is 217 g/mol. The van der Waals surface area contributed by atoms with Crippen molar-refractivity contribution >= 4 is 11.9 Å². The van der Waals surface area contributed by atoms with Gasteiger partial charge >= 0.3 is 11.9 Å². The van der Waals surface area contributed by atoms with Crippen LogP contribution in [0, 0.1) is 0 Å². The molecule has 0 rings (SSSR count). The summed E-state index contributed by atoms with van der Waals surface area (Å²) in [5.41, 5.74) is 0. The molecule has 5 nitrogen and oxygen atoms in total. The molecule has 0 heterocycles. The molecule has 0 saturated carbocycles. The number of carbonyl (C=O) groups excluding carboxylic acids is 2. The Balaban J connectivity index is 3.92. The molecule has 0 spiro atoms.